The highest BCUT2D eigenvalue weighted by molar-refractivity contribution is 5.75. The Morgan fingerprint density at radius 1 is 0.781 bits per heavy atom. The molecule has 0 heterocycles. The van der Waals surface area contributed by atoms with E-state index in [2.05, 4.69) is 6.92 Å². The van der Waals surface area contributed by atoms with Crippen molar-refractivity contribution in [2.75, 3.05) is 6.61 Å². The first-order chi connectivity index (χ1) is 15.5. The number of carbonyl (C=O) groups excluding carboxylic acids is 1. The molecule has 5 nitrogen and oxygen atoms in total. The number of benzene rings is 1. The van der Waals surface area contributed by atoms with Crippen LogP contribution < -0.4 is 5.73 Å². The molecule has 0 amide bonds. The van der Waals surface area contributed by atoms with E-state index in [-0.39, 0.29) is 17.9 Å². The Balaban J connectivity index is 1.88. The second-order valence-corrected chi connectivity index (χ2v) is 9.10. The van der Waals surface area contributed by atoms with E-state index in [0.29, 0.717) is 12.2 Å². The zero-order valence-electron chi connectivity index (χ0n) is 20.3. The second-order valence-electron chi connectivity index (χ2n) is 9.10. The summed E-state index contributed by atoms with van der Waals surface area (Å²) in [5.74, 6) is -0.817. The number of esters is 1. The van der Waals surface area contributed by atoms with Crippen LogP contribution in [0.5, 0.6) is 11.5 Å². The lowest BCUT2D eigenvalue weighted by Crippen LogP contribution is -2.34. The molecule has 1 aromatic carbocycles. The summed E-state index contributed by atoms with van der Waals surface area (Å²) in [4.78, 5) is 12.0. The fraction of sp³-hybridized carbons (Fsp3) is 0.741. The van der Waals surface area contributed by atoms with Crippen molar-refractivity contribution in [2.45, 2.75) is 122 Å². The minimum atomic E-state index is -0.764. The summed E-state index contributed by atoms with van der Waals surface area (Å²) in [5, 5.41) is 18.8. The van der Waals surface area contributed by atoms with E-state index in [0.717, 1.165) is 12.8 Å². The van der Waals surface area contributed by atoms with Crippen LogP contribution in [0, 0.1) is 0 Å². The van der Waals surface area contributed by atoms with Gasteiger partial charge in [0.25, 0.3) is 0 Å². The summed E-state index contributed by atoms with van der Waals surface area (Å²) in [6, 6.07) is 3.68. The molecule has 0 unspecified atom stereocenters. The van der Waals surface area contributed by atoms with Gasteiger partial charge < -0.3 is 20.7 Å². The number of phenolic OH excluding ortho intramolecular Hbond substituents is 2. The minimum absolute atomic E-state index is 0.187. The number of phenols is 2. The number of aromatic hydroxyl groups is 2. The highest BCUT2D eigenvalue weighted by Gasteiger charge is 2.16. The zero-order chi connectivity index (χ0) is 23.4. The minimum Gasteiger partial charge on any atom is -0.504 e. The molecule has 0 aliphatic heterocycles. The molecule has 5 heteroatoms. The standard InChI is InChI=1S/C27H47NO4/c1-2-3-4-5-6-7-8-9-10-11-12-13-14-15-16-17-20-32-27(31)24(28)21-23-18-19-25(29)26(30)22-23/h18-19,22,24,29-30H,2-17,20-21,28H2,1H3/t24-/m0/s1. The predicted molar refractivity (Wildman–Crippen MR) is 132 cm³/mol. The third kappa shape index (κ3) is 14.3. The third-order valence-electron chi connectivity index (χ3n) is 6.04. The monoisotopic (exact) mass is 449 g/mol. The first kappa shape index (κ1) is 28.3. The van der Waals surface area contributed by atoms with Gasteiger partial charge in [-0.25, -0.2) is 0 Å². The van der Waals surface area contributed by atoms with Gasteiger partial charge in [-0.05, 0) is 30.5 Å². The SMILES string of the molecule is CCCCCCCCCCCCCCCCCCOC(=O)[C@@H](N)Cc1ccc(O)c(O)c1. The lowest BCUT2D eigenvalue weighted by Gasteiger charge is -2.12. The van der Waals surface area contributed by atoms with Crippen LogP contribution in [0.2, 0.25) is 0 Å². The number of carbonyl (C=O) groups is 1. The van der Waals surface area contributed by atoms with Crippen LogP contribution in [-0.2, 0) is 16.0 Å². The molecular weight excluding hydrogens is 402 g/mol. The summed E-state index contributed by atoms with van der Waals surface area (Å²) in [6.07, 6.45) is 21.3. The highest BCUT2D eigenvalue weighted by Crippen LogP contribution is 2.25. The summed E-state index contributed by atoms with van der Waals surface area (Å²) < 4.78 is 5.27. The largest absolute Gasteiger partial charge is 0.504 e. The van der Waals surface area contributed by atoms with E-state index in [1.807, 2.05) is 0 Å². The third-order valence-corrected chi connectivity index (χ3v) is 6.04. The Bertz CT molecular complexity index is 605. The van der Waals surface area contributed by atoms with Crippen molar-refractivity contribution in [1.82, 2.24) is 0 Å². The summed E-state index contributed by atoms with van der Waals surface area (Å²) in [6.45, 7) is 2.68. The summed E-state index contributed by atoms with van der Waals surface area (Å²) >= 11 is 0. The topological polar surface area (TPSA) is 92.8 Å². The number of rotatable bonds is 20. The molecule has 1 aromatic rings. The molecule has 0 bridgehead atoms. The molecule has 0 radical (unpaired) electrons. The lowest BCUT2D eigenvalue weighted by atomic mass is 10.0. The van der Waals surface area contributed by atoms with Gasteiger partial charge in [-0.15, -0.1) is 0 Å². The van der Waals surface area contributed by atoms with Gasteiger partial charge in [0, 0.05) is 0 Å². The molecule has 4 N–H and O–H groups in total. The molecule has 1 rings (SSSR count). The molecule has 1 atom stereocenters. The van der Waals surface area contributed by atoms with Crippen LogP contribution in [0.4, 0.5) is 0 Å². The highest BCUT2D eigenvalue weighted by atomic mass is 16.5. The van der Waals surface area contributed by atoms with Gasteiger partial charge >= 0.3 is 5.97 Å². The first-order valence-electron chi connectivity index (χ1n) is 13.0. The van der Waals surface area contributed by atoms with Crippen molar-refractivity contribution < 1.29 is 19.7 Å². The summed E-state index contributed by atoms with van der Waals surface area (Å²) in [5.41, 5.74) is 6.58. The number of hydrogen-bond acceptors (Lipinski definition) is 5. The maximum absolute atomic E-state index is 12.0. The number of nitrogens with two attached hydrogens (primary N) is 1. The van der Waals surface area contributed by atoms with Gasteiger partial charge in [0.1, 0.15) is 6.04 Å². The van der Waals surface area contributed by atoms with Gasteiger partial charge in [-0.2, -0.15) is 0 Å². The quantitative estimate of drug-likeness (QED) is 0.116. The van der Waals surface area contributed by atoms with E-state index in [1.54, 1.807) is 6.07 Å². The Hall–Kier alpha value is -1.75. The van der Waals surface area contributed by atoms with Gasteiger partial charge in [0.15, 0.2) is 11.5 Å². The maximum atomic E-state index is 12.0. The van der Waals surface area contributed by atoms with Crippen LogP contribution >= 0.6 is 0 Å². The Morgan fingerprint density at radius 3 is 1.72 bits per heavy atom. The average Bonchev–Trinajstić information content (AvgIpc) is 2.78. The van der Waals surface area contributed by atoms with E-state index < -0.39 is 12.0 Å². The van der Waals surface area contributed by atoms with Crippen LogP contribution in [0.15, 0.2) is 18.2 Å². The van der Waals surface area contributed by atoms with Crippen molar-refractivity contribution in [1.29, 1.82) is 0 Å². The van der Waals surface area contributed by atoms with Crippen molar-refractivity contribution in [2.24, 2.45) is 5.73 Å². The van der Waals surface area contributed by atoms with Crippen LogP contribution in [0.25, 0.3) is 0 Å². The van der Waals surface area contributed by atoms with E-state index in [1.165, 1.54) is 102 Å². The average molecular weight is 450 g/mol. The predicted octanol–water partition coefficient (Wildman–Crippen LogP) is 6.77. The van der Waals surface area contributed by atoms with Gasteiger partial charge in [0.2, 0.25) is 0 Å². The zero-order valence-corrected chi connectivity index (χ0v) is 20.3. The molecule has 0 aromatic heterocycles. The van der Waals surface area contributed by atoms with Crippen molar-refractivity contribution in [3.8, 4) is 11.5 Å². The summed E-state index contributed by atoms with van der Waals surface area (Å²) in [7, 11) is 0. The fourth-order valence-corrected chi connectivity index (χ4v) is 3.96. The number of ether oxygens (including phenoxy) is 1. The van der Waals surface area contributed by atoms with E-state index in [9.17, 15) is 15.0 Å². The normalized spacial score (nSPS) is 12.1. The molecule has 184 valence electrons. The molecular formula is C27H47NO4. The molecule has 0 aliphatic rings. The van der Waals surface area contributed by atoms with Crippen LogP contribution in [0.3, 0.4) is 0 Å². The molecule has 0 aliphatic carbocycles. The Labute approximate surface area is 195 Å². The van der Waals surface area contributed by atoms with Crippen LogP contribution in [0.1, 0.15) is 115 Å². The van der Waals surface area contributed by atoms with Crippen molar-refractivity contribution >= 4 is 5.97 Å². The smallest absolute Gasteiger partial charge is 0.323 e. The Morgan fingerprint density at radius 2 is 1.25 bits per heavy atom. The van der Waals surface area contributed by atoms with Crippen LogP contribution in [-0.4, -0.2) is 28.8 Å². The first-order valence-corrected chi connectivity index (χ1v) is 13.0. The fourth-order valence-electron chi connectivity index (χ4n) is 3.96. The van der Waals surface area contributed by atoms with Gasteiger partial charge in [0.05, 0.1) is 6.61 Å². The van der Waals surface area contributed by atoms with Gasteiger partial charge in [-0.3, -0.25) is 4.79 Å². The Kier molecular flexibility index (Phi) is 16.6. The molecule has 32 heavy (non-hydrogen) atoms. The van der Waals surface area contributed by atoms with Crippen molar-refractivity contribution in [3.63, 3.8) is 0 Å². The molecule has 0 saturated heterocycles. The number of unbranched alkanes of at least 4 members (excludes halogenated alkanes) is 15. The second kappa shape index (κ2) is 18.8. The van der Waals surface area contributed by atoms with Gasteiger partial charge in [-0.1, -0.05) is 109 Å². The van der Waals surface area contributed by atoms with E-state index >= 15 is 0 Å². The maximum Gasteiger partial charge on any atom is 0.323 e. The molecule has 0 spiro atoms. The lowest BCUT2D eigenvalue weighted by molar-refractivity contribution is -0.145. The van der Waals surface area contributed by atoms with Crippen molar-refractivity contribution in [3.05, 3.63) is 23.8 Å². The van der Waals surface area contributed by atoms with E-state index in [4.69, 9.17) is 10.5 Å². The molecule has 0 saturated carbocycles. The molecule has 0 fully saturated rings. The number of hydrogen-bond donors (Lipinski definition) is 3.